The van der Waals surface area contributed by atoms with Gasteiger partial charge in [-0.2, -0.15) is 0 Å². The Bertz CT molecular complexity index is 499. The van der Waals surface area contributed by atoms with E-state index in [4.69, 9.17) is 0 Å². The van der Waals surface area contributed by atoms with Crippen molar-refractivity contribution in [1.29, 1.82) is 0 Å². The number of hydrogen-bond acceptors (Lipinski definition) is 4. The molecule has 5 heteroatoms. The molecule has 24 heavy (non-hydrogen) atoms. The summed E-state index contributed by atoms with van der Waals surface area (Å²) >= 11 is 1.37. The maximum absolute atomic E-state index is 11.9. The lowest BCUT2D eigenvalue weighted by atomic mass is 10.1. The molecule has 0 radical (unpaired) electrons. The number of carbonyl (C=O) groups is 2. The van der Waals surface area contributed by atoms with Gasteiger partial charge in [-0.15, -0.1) is 11.8 Å². The lowest BCUT2D eigenvalue weighted by molar-refractivity contribution is -0.118. The Labute approximate surface area is 149 Å². The van der Waals surface area contributed by atoms with Crippen LogP contribution in [-0.2, 0) is 4.79 Å². The fraction of sp³-hybridized carbons (Fsp3) is 0.579. The van der Waals surface area contributed by atoms with Crippen molar-refractivity contribution in [3.63, 3.8) is 0 Å². The first-order valence-corrected chi connectivity index (χ1v) is 10.1. The van der Waals surface area contributed by atoms with E-state index in [0.29, 0.717) is 29.7 Å². The van der Waals surface area contributed by atoms with E-state index >= 15 is 0 Å². The molecule has 132 valence electrons. The molecule has 0 saturated heterocycles. The van der Waals surface area contributed by atoms with Gasteiger partial charge in [-0.3, -0.25) is 9.59 Å². The molecule has 2 N–H and O–H groups in total. The second-order valence-electron chi connectivity index (χ2n) is 6.27. The number of ketones is 1. The number of nitrogens with one attached hydrogen (secondary N) is 2. The number of amides is 1. The Hall–Kier alpha value is -1.33. The zero-order valence-electron chi connectivity index (χ0n) is 14.3. The number of hydrogen-bond donors (Lipinski definition) is 2. The van der Waals surface area contributed by atoms with Crippen LogP contribution in [0.2, 0.25) is 0 Å². The highest BCUT2D eigenvalue weighted by Crippen LogP contribution is 2.16. The second-order valence-corrected chi connectivity index (χ2v) is 7.26. The molecule has 1 fully saturated rings. The normalized spacial score (nSPS) is 15.7. The van der Waals surface area contributed by atoms with E-state index in [-0.39, 0.29) is 11.7 Å². The molecule has 0 unspecified atom stereocenters. The average Bonchev–Trinajstić information content (AvgIpc) is 2.88. The van der Waals surface area contributed by atoms with Crippen molar-refractivity contribution in [3.05, 3.63) is 35.9 Å². The van der Waals surface area contributed by atoms with Gasteiger partial charge in [0.25, 0.3) is 0 Å². The fourth-order valence-corrected chi connectivity index (χ4v) is 3.70. The van der Waals surface area contributed by atoms with Gasteiger partial charge in [-0.1, -0.05) is 56.0 Å². The largest absolute Gasteiger partial charge is 0.354 e. The van der Waals surface area contributed by atoms with Crippen LogP contribution in [0.1, 0.15) is 48.9 Å². The lowest BCUT2D eigenvalue weighted by Crippen LogP contribution is -2.37. The van der Waals surface area contributed by atoms with Gasteiger partial charge in [0.15, 0.2) is 5.78 Å². The van der Waals surface area contributed by atoms with Crippen LogP contribution in [0.5, 0.6) is 0 Å². The number of thioether (sulfide) groups is 1. The molecule has 2 rings (SSSR count). The zero-order valence-corrected chi connectivity index (χ0v) is 15.1. The summed E-state index contributed by atoms with van der Waals surface area (Å²) in [7, 11) is 0. The molecular formula is C19H28N2O2S. The molecule has 0 atom stereocenters. The van der Waals surface area contributed by atoms with Crippen LogP contribution in [0.15, 0.2) is 30.3 Å². The van der Waals surface area contributed by atoms with Gasteiger partial charge in [-0.05, 0) is 12.8 Å². The predicted molar refractivity (Wildman–Crippen MR) is 101 cm³/mol. The van der Waals surface area contributed by atoms with E-state index in [1.807, 2.05) is 30.3 Å². The molecule has 1 aliphatic rings. The highest BCUT2D eigenvalue weighted by atomic mass is 32.2. The third kappa shape index (κ3) is 7.49. The van der Waals surface area contributed by atoms with Gasteiger partial charge in [0.1, 0.15) is 0 Å². The smallest absolute Gasteiger partial charge is 0.230 e. The van der Waals surface area contributed by atoms with Crippen molar-refractivity contribution in [1.82, 2.24) is 10.6 Å². The summed E-state index contributed by atoms with van der Waals surface area (Å²) in [6, 6.07) is 9.82. The summed E-state index contributed by atoms with van der Waals surface area (Å²) in [5.74, 6) is 0.756. The maximum Gasteiger partial charge on any atom is 0.230 e. The summed E-state index contributed by atoms with van der Waals surface area (Å²) < 4.78 is 0. The highest BCUT2D eigenvalue weighted by molar-refractivity contribution is 8.00. The van der Waals surface area contributed by atoms with E-state index in [1.54, 1.807) is 0 Å². The molecule has 0 spiro atoms. The van der Waals surface area contributed by atoms with E-state index in [0.717, 1.165) is 6.54 Å². The van der Waals surface area contributed by atoms with Crippen LogP contribution in [0.3, 0.4) is 0 Å². The number of benzene rings is 1. The highest BCUT2D eigenvalue weighted by Gasteiger charge is 2.11. The van der Waals surface area contributed by atoms with E-state index in [2.05, 4.69) is 10.6 Å². The minimum Gasteiger partial charge on any atom is -0.354 e. The number of rotatable bonds is 9. The molecule has 1 amide bonds. The Morgan fingerprint density at radius 3 is 2.38 bits per heavy atom. The third-order valence-corrected chi connectivity index (χ3v) is 5.23. The topological polar surface area (TPSA) is 58.2 Å². The minimum absolute atomic E-state index is 0.00327. The standard InChI is InChI=1S/C19H28N2O2S/c22-18(16-8-4-3-5-9-16)14-24-15-19(23)21-13-12-20-17-10-6-1-2-7-11-17/h3-5,8-9,17,20H,1-2,6-7,10-15H2,(H,21,23). The molecule has 4 nitrogen and oxygen atoms in total. The van der Waals surface area contributed by atoms with Crippen molar-refractivity contribution in [2.75, 3.05) is 24.6 Å². The van der Waals surface area contributed by atoms with Crippen molar-refractivity contribution in [3.8, 4) is 0 Å². The van der Waals surface area contributed by atoms with E-state index in [1.165, 1.54) is 50.3 Å². The van der Waals surface area contributed by atoms with Gasteiger partial charge in [-0.25, -0.2) is 0 Å². The van der Waals surface area contributed by atoms with Crippen LogP contribution in [0.25, 0.3) is 0 Å². The molecule has 0 bridgehead atoms. The van der Waals surface area contributed by atoms with Crippen LogP contribution in [0, 0.1) is 0 Å². The van der Waals surface area contributed by atoms with Gasteiger partial charge >= 0.3 is 0 Å². The Morgan fingerprint density at radius 2 is 1.67 bits per heavy atom. The van der Waals surface area contributed by atoms with Crippen LogP contribution in [0.4, 0.5) is 0 Å². The molecule has 1 aliphatic carbocycles. The first kappa shape index (κ1) is 19.0. The van der Waals surface area contributed by atoms with Crippen molar-refractivity contribution in [2.45, 2.75) is 44.6 Å². The zero-order chi connectivity index (χ0) is 17.0. The van der Waals surface area contributed by atoms with E-state index in [9.17, 15) is 9.59 Å². The Balaban J connectivity index is 1.51. The maximum atomic E-state index is 11.9. The SMILES string of the molecule is O=C(CSCC(=O)c1ccccc1)NCCNC1CCCCCC1. The molecular weight excluding hydrogens is 320 g/mol. The second kappa shape index (κ2) is 11.3. The van der Waals surface area contributed by atoms with Gasteiger partial charge in [0.2, 0.25) is 5.91 Å². The number of carbonyl (C=O) groups excluding carboxylic acids is 2. The van der Waals surface area contributed by atoms with Crippen LogP contribution >= 0.6 is 11.8 Å². The molecule has 0 aliphatic heterocycles. The summed E-state index contributed by atoms with van der Waals surface area (Å²) in [5, 5.41) is 6.45. The van der Waals surface area contributed by atoms with Crippen LogP contribution in [-0.4, -0.2) is 42.3 Å². The van der Waals surface area contributed by atoms with Gasteiger partial charge in [0.05, 0.1) is 11.5 Å². The van der Waals surface area contributed by atoms with Crippen molar-refractivity contribution >= 4 is 23.5 Å². The fourth-order valence-electron chi connectivity index (χ4n) is 2.96. The first-order chi connectivity index (χ1) is 11.8. The lowest BCUT2D eigenvalue weighted by Gasteiger charge is -2.16. The van der Waals surface area contributed by atoms with Gasteiger partial charge < -0.3 is 10.6 Å². The quantitative estimate of drug-likeness (QED) is 0.409. The first-order valence-electron chi connectivity index (χ1n) is 8.92. The van der Waals surface area contributed by atoms with E-state index < -0.39 is 0 Å². The van der Waals surface area contributed by atoms with Gasteiger partial charge in [0, 0.05) is 24.7 Å². The monoisotopic (exact) mass is 348 g/mol. The summed E-state index contributed by atoms with van der Waals surface area (Å²) in [6.07, 6.45) is 7.85. The predicted octanol–water partition coefficient (Wildman–Crippen LogP) is 3.03. The van der Waals surface area contributed by atoms with Crippen molar-refractivity contribution in [2.24, 2.45) is 0 Å². The molecule has 0 aromatic heterocycles. The summed E-state index contributed by atoms with van der Waals surface area (Å²) in [6.45, 7) is 1.48. The van der Waals surface area contributed by atoms with Crippen LogP contribution < -0.4 is 10.6 Å². The Kier molecular flexibility index (Phi) is 8.92. The number of Topliss-reactive ketones (excluding diaryl/α,β-unsaturated/α-hetero) is 1. The molecule has 1 saturated carbocycles. The average molecular weight is 349 g/mol. The summed E-state index contributed by atoms with van der Waals surface area (Å²) in [5.41, 5.74) is 0.706. The molecule has 1 aromatic rings. The Morgan fingerprint density at radius 1 is 0.958 bits per heavy atom. The van der Waals surface area contributed by atoms with Crippen molar-refractivity contribution < 1.29 is 9.59 Å². The third-order valence-electron chi connectivity index (χ3n) is 4.30. The molecule has 1 aromatic carbocycles. The molecule has 0 heterocycles. The summed E-state index contributed by atoms with van der Waals surface area (Å²) in [4.78, 5) is 23.7. The minimum atomic E-state index is 0.00327.